The van der Waals surface area contributed by atoms with E-state index in [1.807, 2.05) is 6.92 Å². The number of ether oxygens (including phenoxy) is 5. The molecule has 0 saturated heterocycles. The largest absolute Gasteiger partial charge is 0.493 e. The van der Waals surface area contributed by atoms with Crippen LogP contribution in [0.3, 0.4) is 0 Å². The molecule has 2 aromatic rings. The zero-order valence-corrected chi connectivity index (χ0v) is 19.0. The second-order valence-electron chi connectivity index (χ2n) is 6.75. The standard InChI is InChI=1S/C22H28N2O8/c1-7-10-32-16-9-8-14(11-17(16)28-3)13(2)23-22(25)15-12-18(29-4)20(30-5)21(31-6)19(15)24(26)27/h8-9,11-13H,7,10H2,1-6H3,(H,23,25). The minimum absolute atomic E-state index is 0.0266. The number of nitro groups is 1. The van der Waals surface area contributed by atoms with Gasteiger partial charge in [0.15, 0.2) is 17.2 Å². The van der Waals surface area contributed by atoms with Crippen molar-refractivity contribution in [3.05, 3.63) is 45.5 Å². The summed E-state index contributed by atoms with van der Waals surface area (Å²) < 4.78 is 26.6. The first-order valence-electron chi connectivity index (χ1n) is 9.91. The Kier molecular flexibility index (Phi) is 8.51. The van der Waals surface area contributed by atoms with Crippen LogP contribution in [-0.4, -0.2) is 45.9 Å². The van der Waals surface area contributed by atoms with Gasteiger partial charge in [-0.05, 0) is 31.0 Å². The molecule has 32 heavy (non-hydrogen) atoms. The summed E-state index contributed by atoms with van der Waals surface area (Å²) in [6.45, 7) is 4.30. The van der Waals surface area contributed by atoms with Crippen LogP contribution >= 0.6 is 0 Å². The lowest BCUT2D eigenvalue weighted by molar-refractivity contribution is -0.386. The second-order valence-corrected chi connectivity index (χ2v) is 6.75. The molecule has 2 aromatic carbocycles. The third kappa shape index (κ3) is 5.13. The van der Waals surface area contributed by atoms with Gasteiger partial charge in [0.25, 0.3) is 5.91 Å². The number of hydrogen-bond acceptors (Lipinski definition) is 8. The molecule has 0 heterocycles. The lowest BCUT2D eigenvalue weighted by Crippen LogP contribution is -2.27. The van der Waals surface area contributed by atoms with E-state index in [0.29, 0.717) is 18.1 Å². The van der Waals surface area contributed by atoms with Crippen LogP contribution in [0.15, 0.2) is 24.3 Å². The van der Waals surface area contributed by atoms with Crippen molar-refractivity contribution in [2.24, 2.45) is 0 Å². The third-order valence-corrected chi connectivity index (χ3v) is 4.73. The molecule has 10 heteroatoms. The number of amides is 1. The first-order chi connectivity index (χ1) is 15.3. The van der Waals surface area contributed by atoms with Gasteiger partial charge in [-0.3, -0.25) is 14.9 Å². The van der Waals surface area contributed by atoms with Gasteiger partial charge in [0, 0.05) is 6.07 Å². The van der Waals surface area contributed by atoms with Gasteiger partial charge in [0.2, 0.25) is 11.5 Å². The molecule has 1 atom stereocenters. The van der Waals surface area contributed by atoms with Crippen molar-refractivity contribution in [1.82, 2.24) is 5.32 Å². The minimum Gasteiger partial charge on any atom is -0.493 e. The molecular weight excluding hydrogens is 420 g/mol. The molecule has 0 aliphatic heterocycles. The quantitative estimate of drug-likeness (QED) is 0.406. The summed E-state index contributed by atoms with van der Waals surface area (Å²) in [7, 11) is 5.47. The van der Waals surface area contributed by atoms with E-state index in [9.17, 15) is 14.9 Å². The van der Waals surface area contributed by atoms with Crippen LogP contribution in [-0.2, 0) is 0 Å². The lowest BCUT2D eigenvalue weighted by Gasteiger charge is -2.18. The van der Waals surface area contributed by atoms with Gasteiger partial charge >= 0.3 is 5.69 Å². The zero-order chi connectivity index (χ0) is 23.8. The van der Waals surface area contributed by atoms with E-state index in [-0.39, 0.29) is 22.8 Å². The van der Waals surface area contributed by atoms with Crippen molar-refractivity contribution in [2.45, 2.75) is 26.3 Å². The maximum Gasteiger partial charge on any atom is 0.327 e. The summed E-state index contributed by atoms with van der Waals surface area (Å²) in [5.41, 5.74) is -0.00361. The van der Waals surface area contributed by atoms with Gasteiger partial charge in [-0.25, -0.2) is 0 Å². The van der Waals surface area contributed by atoms with Gasteiger partial charge < -0.3 is 29.0 Å². The van der Waals surface area contributed by atoms with Crippen LogP contribution in [0.1, 0.15) is 42.2 Å². The average molecular weight is 448 g/mol. The SMILES string of the molecule is CCCOc1ccc(C(C)NC(=O)c2cc(OC)c(OC)c(OC)c2[N+](=O)[O-])cc1OC. The number of nitrogens with zero attached hydrogens (tertiary/aromatic N) is 1. The van der Waals surface area contributed by atoms with Crippen molar-refractivity contribution >= 4 is 11.6 Å². The third-order valence-electron chi connectivity index (χ3n) is 4.73. The van der Waals surface area contributed by atoms with Crippen LogP contribution in [0, 0.1) is 10.1 Å². The highest BCUT2D eigenvalue weighted by Gasteiger charge is 2.33. The molecule has 0 aliphatic carbocycles. The van der Waals surface area contributed by atoms with E-state index in [2.05, 4.69) is 5.32 Å². The lowest BCUT2D eigenvalue weighted by atomic mass is 10.1. The van der Waals surface area contributed by atoms with Crippen LogP contribution in [0.4, 0.5) is 5.69 Å². The highest BCUT2D eigenvalue weighted by atomic mass is 16.6. The molecular formula is C22H28N2O8. The van der Waals surface area contributed by atoms with Gasteiger partial charge in [-0.1, -0.05) is 13.0 Å². The number of carbonyl (C=O) groups excluding carboxylic acids is 1. The van der Waals surface area contributed by atoms with E-state index in [1.165, 1.54) is 34.5 Å². The number of nitrogens with one attached hydrogen (secondary N) is 1. The Balaban J connectivity index is 2.41. The highest BCUT2D eigenvalue weighted by molar-refractivity contribution is 6.00. The first kappa shape index (κ1) is 24.6. The fourth-order valence-corrected chi connectivity index (χ4v) is 3.14. The van der Waals surface area contributed by atoms with Crippen LogP contribution in [0.25, 0.3) is 0 Å². The summed E-state index contributed by atoms with van der Waals surface area (Å²) >= 11 is 0. The minimum atomic E-state index is -0.691. The Morgan fingerprint density at radius 2 is 1.66 bits per heavy atom. The number of nitro benzene ring substituents is 1. The zero-order valence-electron chi connectivity index (χ0n) is 19.0. The highest BCUT2D eigenvalue weighted by Crippen LogP contribution is 2.46. The fourth-order valence-electron chi connectivity index (χ4n) is 3.14. The Hall–Kier alpha value is -3.69. The van der Waals surface area contributed by atoms with Crippen molar-refractivity contribution in [1.29, 1.82) is 0 Å². The molecule has 0 aliphatic rings. The summed E-state index contributed by atoms with van der Waals surface area (Å²) in [6.07, 6.45) is 0.852. The predicted molar refractivity (Wildman–Crippen MR) is 117 cm³/mol. The maximum absolute atomic E-state index is 13.0. The number of methoxy groups -OCH3 is 4. The molecule has 174 valence electrons. The van der Waals surface area contributed by atoms with E-state index >= 15 is 0 Å². The number of carbonyl (C=O) groups is 1. The maximum atomic E-state index is 13.0. The monoisotopic (exact) mass is 448 g/mol. The molecule has 0 saturated carbocycles. The first-order valence-corrected chi connectivity index (χ1v) is 9.91. The average Bonchev–Trinajstić information content (AvgIpc) is 2.80. The number of rotatable bonds is 11. The Bertz CT molecular complexity index is 977. The Morgan fingerprint density at radius 1 is 1.00 bits per heavy atom. The smallest absolute Gasteiger partial charge is 0.327 e. The van der Waals surface area contributed by atoms with Crippen LogP contribution in [0.2, 0.25) is 0 Å². The second kappa shape index (κ2) is 11.1. The molecule has 10 nitrogen and oxygen atoms in total. The molecule has 0 spiro atoms. The molecule has 2 rings (SSSR count). The molecule has 1 unspecified atom stereocenters. The van der Waals surface area contributed by atoms with E-state index < -0.39 is 22.6 Å². The number of hydrogen-bond donors (Lipinski definition) is 1. The van der Waals surface area contributed by atoms with E-state index in [1.54, 1.807) is 25.1 Å². The van der Waals surface area contributed by atoms with Crippen molar-refractivity contribution in [3.63, 3.8) is 0 Å². The van der Waals surface area contributed by atoms with Crippen molar-refractivity contribution < 1.29 is 33.4 Å². The fraction of sp³-hybridized carbons (Fsp3) is 0.409. The van der Waals surface area contributed by atoms with Gasteiger partial charge in [0.1, 0.15) is 5.56 Å². The summed E-state index contributed by atoms with van der Waals surface area (Å²) in [5.74, 6) is 0.403. The number of benzene rings is 2. The predicted octanol–water partition coefficient (Wildman–Crippen LogP) is 3.91. The molecule has 0 radical (unpaired) electrons. The van der Waals surface area contributed by atoms with Gasteiger partial charge in [0.05, 0.1) is 46.0 Å². The summed E-state index contributed by atoms with van der Waals surface area (Å²) in [5, 5.41) is 14.5. The van der Waals surface area contributed by atoms with E-state index in [4.69, 9.17) is 23.7 Å². The van der Waals surface area contributed by atoms with E-state index in [0.717, 1.165) is 12.0 Å². The van der Waals surface area contributed by atoms with Gasteiger partial charge in [-0.2, -0.15) is 0 Å². The Labute approximate surface area is 186 Å². The topological polar surface area (TPSA) is 118 Å². The van der Waals surface area contributed by atoms with Crippen LogP contribution in [0.5, 0.6) is 28.7 Å². The summed E-state index contributed by atoms with van der Waals surface area (Å²) in [4.78, 5) is 24.1. The van der Waals surface area contributed by atoms with Crippen molar-refractivity contribution in [2.75, 3.05) is 35.0 Å². The molecule has 0 bridgehead atoms. The Morgan fingerprint density at radius 3 is 2.19 bits per heavy atom. The van der Waals surface area contributed by atoms with Crippen molar-refractivity contribution in [3.8, 4) is 28.7 Å². The van der Waals surface area contributed by atoms with Gasteiger partial charge in [-0.15, -0.1) is 0 Å². The molecule has 1 amide bonds. The normalized spacial score (nSPS) is 11.3. The molecule has 1 N–H and O–H groups in total. The molecule has 0 fully saturated rings. The van der Waals surface area contributed by atoms with Crippen LogP contribution < -0.4 is 29.0 Å². The summed E-state index contributed by atoms with van der Waals surface area (Å²) in [6, 6.07) is 6.06. The molecule has 0 aromatic heterocycles.